The van der Waals surface area contributed by atoms with Gasteiger partial charge in [0.05, 0.1) is 23.7 Å². The number of benzene rings is 1. The van der Waals surface area contributed by atoms with Gasteiger partial charge in [-0.2, -0.15) is 0 Å². The number of aromatic nitrogens is 3. The van der Waals surface area contributed by atoms with E-state index in [4.69, 9.17) is 11.6 Å². The second kappa shape index (κ2) is 6.44. The Kier molecular flexibility index (Phi) is 4.37. The summed E-state index contributed by atoms with van der Waals surface area (Å²) in [7, 11) is -0.351. The Labute approximate surface area is 136 Å². The van der Waals surface area contributed by atoms with Gasteiger partial charge in [-0.1, -0.05) is 20.1 Å². The van der Waals surface area contributed by atoms with E-state index in [2.05, 4.69) is 34.3 Å². The quantitative estimate of drug-likeness (QED) is 0.432. The maximum atomic E-state index is 6.18. The number of nitrogens with zero attached hydrogens (tertiary/aromatic N) is 4. The third kappa shape index (κ3) is 3.38. The Hall–Kier alpha value is -2.30. The number of fused-ring (bicyclic) bond motifs is 1. The lowest BCUT2D eigenvalue weighted by Crippen LogP contribution is -2.33. The smallest absolute Gasteiger partial charge is 0.186 e. The molecule has 0 bridgehead atoms. The van der Waals surface area contributed by atoms with Crippen molar-refractivity contribution in [1.82, 2.24) is 15.0 Å². The zero-order chi connectivity index (χ0) is 16.4. The van der Waals surface area contributed by atoms with Gasteiger partial charge in [-0.3, -0.25) is 9.99 Å². The van der Waals surface area contributed by atoms with Gasteiger partial charge in [-0.25, -0.2) is 15.8 Å². The third-order valence-electron chi connectivity index (χ3n) is 3.52. The van der Waals surface area contributed by atoms with Crippen LogP contribution in [0.4, 0.5) is 11.6 Å². The van der Waals surface area contributed by atoms with Gasteiger partial charge in [0.25, 0.3) is 0 Å². The summed E-state index contributed by atoms with van der Waals surface area (Å²) in [6.45, 7) is 4.74. The first-order valence-corrected chi connectivity index (χ1v) is 9.44. The summed E-state index contributed by atoms with van der Waals surface area (Å²) in [5.41, 5.74) is 8.90. The van der Waals surface area contributed by atoms with Gasteiger partial charge in [0, 0.05) is 11.6 Å². The fraction of sp³-hybridized carbons (Fsp3) is 0.188. The first-order chi connectivity index (χ1) is 11.0. The van der Waals surface area contributed by atoms with Crippen LogP contribution in [0, 0.1) is 0 Å². The molecule has 0 radical (unpaired) electrons. The molecule has 7 heteroatoms. The SMILES string of the molecule is CP(C)c1cnc(N)c(N(N)Cc2ccc3ncccc3c2)n1. The normalized spacial score (nSPS) is 11.1. The average molecular weight is 326 g/mol. The molecule has 0 spiro atoms. The molecular weight excluding hydrogens is 307 g/mol. The van der Waals surface area contributed by atoms with E-state index in [-0.39, 0.29) is 7.92 Å². The van der Waals surface area contributed by atoms with Crippen LogP contribution in [0.5, 0.6) is 0 Å². The summed E-state index contributed by atoms with van der Waals surface area (Å²) in [6.07, 6.45) is 3.51. The molecule has 0 fully saturated rings. The molecule has 0 atom stereocenters. The van der Waals surface area contributed by atoms with Crippen molar-refractivity contribution in [2.75, 3.05) is 24.1 Å². The van der Waals surface area contributed by atoms with E-state index >= 15 is 0 Å². The molecule has 4 N–H and O–H groups in total. The van der Waals surface area contributed by atoms with E-state index in [1.165, 1.54) is 0 Å². The standard InChI is InChI=1S/C16H19N6P/c1-23(2)14-9-20-15(17)16(21-14)22(18)10-11-5-6-13-12(8-11)4-3-7-19-13/h3-9H,10,18H2,1-2H3,(H2,17,20). The Bertz CT molecular complexity index is 836. The lowest BCUT2D eigenvalue weighted by atomic mass is 10.1. The maximum absolute atomic E-state index is 6.18. The minimum absolute atomic E-state index is 0.343. The second-order valence-corrected chi connectivity index (χ2v) is 7.74. The van der Waals surface area contributed by atoms with Crippen LogP contribution in [-0.2, 0) is 6.54 Å². The molecule has 0 aliphatic rings. The van der Waals surface area contributed by atoms with E-state index in [0.29, 0.717) is 18.2 Å². The van der Waals surface area contributed by atoms with Crippen molar-refractivity contribution < 1.29 is 0 Å². The summed E-state index contributed by atoms with van der Waals surface area (Å²) < 4.78 is 0. The van der Waals surface area contributed by atoms with Gasteiger partial charge >= 0.3 is 0 Å². The Balaban J connectivity index is 1.88. The molecule has 118 valence electrons. The summed E-state index contributed by atoms with van der Waals surface area (Å²) in [5.74, 6) is 7.04. The van der Waals surface area contributed by atoms with Crippen molar-refractivity contribution in [2.24, 2.45) is 5.84 Å². The largest absolute Gasteiger partial charge is 0.381 e. The highest BCUT2D eigenvalue weighted by Gasteiger charge is 2.13. The van der Waals surface area contributed by atoms with Crippen LogP contribution >= 0.6 is 7.92 Å². The molecule has 3 aromatic rings. The fourth-order valence-corrected chi connectivity index (χ4v) is 2.88. The number of hydrogen-bond acceptors (Lipinski definition) is 6. The van der Waals surface area contributed by atoms with Crippen LogP contribution in [0.25, 0.3) is 10.9 Å². The van der Waals surface area contributed by atoms with E-state index in [9.17, 15) is 0 Å². The molecule has 0 saturated heterocycles. The van der Waals surface area contributed by atoms with Gasteiger partial charge < -0.3 is 5.73 Å². The minimum atomic E-state index is -0.351. The van der Waals surface area contributed by atoms with Crippen molar-refractivity contribution in [1.29, 1.82) is 0 Å². The Morgan fingerprint density at radius 2 is 2.00 bits per heavy atom. The van der Waals surface area contributed by atoms with Crippen molar-refractivity contribution in [2.45, 2.75) is 6.54 Å². The molecule has 3 rings (SSSR count). The molecule has 0 aliphatic carbocycles. The molecule has 0 aliphatic heterocycles. The number of rotatable bonds is 4. The van der Waals surface area contributed by atoms with Crippen LogP contribution < -0.4 is 22.0 Å². The van der Waals surface area contributed by atoms with Gasteiger partial charge in [-0.15, -0.1) is 0 Å². The third-order valence-corrected chi connectivity index (χ3v) is 4.65. The van der Waals surface area contributed by atoms with E-state index < -0.39 is 0 Å². The van der Waals surface area contributed by atoms with E-state index in [1.54, 1.807) is 17.4 Å². The molecule has 2 aromatic heterocycles. The molecule has 6 nitrogen and oxygen atoms in total. The number of nitrogens with two attached hydrogens (primary N) is 2. The Morgan fingerprint density at radius 3 is 2.78 bits per heavy atom. The zero-order valence-corrected chi connectivity index (χ0v) is 14.0. The number of anilines is 2. The predicted molar refractivity (Wildman–Crippen MR) is 97.0 cm³/mol. The van der Waals surface area contributed by atoms with E-state index in [0.717, 1.165) is 21.9 Å². The fourth-order valence-electron chi connectivity index (χ4n) is 2.30. The van der Waals surface area contributed by atoms with Crippen LogP contribution in [0.3, 0.4) is 0 Å². The minimum Gasteiger partial charge on any atom is -0.381 e. The molecule has 0 saturated carbocycles. The predicted octanol–water partition coefficient (Wildman–Crippen LogP) is 1.85. The van der Waals surface area contributed by atoms with Crippen LogP contribution in [0.2, 0.25) is 0 Å². The van der Waals surface area contributed by atoms with E-state index in [1.807, 2.05) is 24.3 Å². The monoisotopic (exact) mass is 326 g/mol. The van der Waals surface area contributed by atoms with Crippen LogP contribution in [0.15, 0.2) is 42.7 Å². The summed E-state index contributed by atoms with van der Waals surface area (Å²) in [6, 6.07) is 10.0. The topological polar surface area (TPSA) is 94.0 Å². The summed E-state index contributed by atoms with van der Waals surface area (Å²) >= 11 is 0. The molecular formula is C16H19N6P. The molecule has 0 unspecified atom stereocenters. The highest BCUT2D eigenvalue weighted by molar-refractivity contribution is 7.63. The molecule has 2 heterocycles. The lowest BCUT2D eigenvalue weighted by Gasteiger charge is -2.20. The second-order valence-electron chi connectivity index (χ2n) is 5.49. The first-order valence-electron chi connectivity index (χ1n) is 7.20. The zero-order valence-electron chi connectivity index (χ0n) is 13.1. The number of hydrogen-bond donors (Lipinski definition) is 2. The first kappa shape index (κ1) is 15.6. The summed E-state index contributed by atoms with van der Waals surface area (Å²) in [5, 5.41) is 2.62. The number of hydrazine groups is 1. The van der Waals surface area contributed by atoms with Gasteiger partial charge in [0.15, 0.2) is 11.6 Å². The van der Waals surface area contributed by atoms with Gasteiger partial charge in [0.2, 0.25) is 0 Å². The van der Waals surface area contributed by atoms with Gasteiger partial charge in [-0.05, 0) is 37.1 Å². The van der Waals surface area contributed by atoms with Crippen molar-refractivity contribution in [3.8, 4) is 0 Å². The lowest BCUT2D eigenvalue weighted by molar-refractivity contribution is 0.833. The van der Waals surface area contributed by atoms with Crippen molar-refractivity contribution in [3.05, 3.63) is 48.3 Å². The molecule has 0 amide bonds. The Morgan fingerprint density at radius 1 is 1.17 bits per heavy atom. The van der Waals surface area contributed by atoms with Gasteiger partial charge in [0.1, 0.15) is 0 Å². The summed E-state index contributed by atoms with van der Waals surface area (Å²) in [4.78, 5) is 13.1. The maximum Gasteiger partial charge on any atom is 0.186 e. The average Bonchev–Trinajstić information content (AvgIpc) is 2.54. The van der Waals surface area contributed by atoms with Crippen molar-refractivity contribution in [3.63, 3.8) is 0 Å². The molecule has 23 heavy (non-hydrogen) atoms. The highest BCUT2D eigenvalue weighted by atomic mass is 31.1. The van der Waals surface area contributed by atoms with Crippen molar-refractivity contribution >= 4 is 35.9 Å². The number of nitrogen functional groups attached to an aromatic ring is 1. The van der Waals surface area contributed by atoms with Crippen LogP contribution in [0.1, 0.15) is 5.56 Å². The molecule has 1 aromatic carbocycles. The number of pyridine rings is 1. The highest BCUT2D eigenvalue weighted by Crippen LogP contribution is 2.25. The van der Waals surface area contributed by atoms with Crippen LogP contribution in [-0.4, -0.2) is 28.3 Å².